The van der Waals surface area contributed by atoms with Crippen molar-refractivity contribution in [2.75, 3.05) is 5.73 Å². The van der Waals surface area contributed by atoms with Crippen LogP contribution in [0, 0.1) is 0 Å². The Balaban J connectivity index is 2.14. The largest absolute Gasteiger partial charge is 0.508 e. The van der Waals surface area contributed by atoms with Gasteiger partial charge in [0.1, 0.15) is 5.75 Å². The van der Waals surface area contributed by atoms with Gasteiger partial charge in [-0.05, 0) is 41.7 Å². The molecule has 2 rings (SSSR count). The summed E-state index contributed by atoms with van der Waals surface area (Å²) in [6.45, 7) is 2.17. The number of hydrogen-bond acceptors (Lipinski definition) is 2. The van der Waals surface area contributed by atoms with Crippen molar-refractivity contribution in [3.63, 3.8) is 0 Å². The third-order valence-corrected chi connectivity index (χ3v) is 3.04. The van der Waals surface area contributed by atoms with Crippen molar-refractivity contribution in [2.24, 2.45) is 0 Å². The van der Waals surface area contributed by atoms with Gasteiger partial charge in [0.25, 0.3) is 0 Å². The summed E-state index contributed by atoms with van der Waals surface area (Å²) in [4.78, 5) is 0. The molecular formula is C15H17NO. The highest BCUT2D eigenvalue weighted by molar-refractivity contribution is 5.47. The van der Waals surface area contributed by atoms with Crippen LogP contribution in [0.3, 0.4) is 0 Å². The Hall–Kier alpha value is -1.96. The molecule has 2 aromatic carbocycles. The van der Waals surface area contributed by atoms with Crippen LogP contribution in [-0.2, 0) is 6.42 Å². The van der Waals surface area contributed by atoms with E-state index in [9.17, 15) is 5.11 Å². The Bertz CT molecular complexity index is 491. The lowest BCUT2D eigenvalue weighted by Gasteiger charge is -2.13. The van der Waals surface area contributed by atoms with Crippen molar-refractivity contribution < 1.29 is 5.11 Å². The van der Waals surface area contributed by atoms with E-state index < -0.39 is 0 Å². The highest BCUT2D eigenvalue weighted by Crippen LogP contribution is 2.24. The number of para-hydroxylation sites is 1. The quantitative estimate of drug-likeness (QED) is 0.790. The molecule has 0 bridgehead atoms. The fourth-order valence-corrected chi connectivity index (χ4v) is 1.97. The van der Waals surface area contributed by atoms with Gasteiger partial charge in [0.15, 0.2) is 0 Å². The predicted molar refractivity (Wildman–Crippen MR) is 71.1 cm³/mol. The van der Waals surface area contributed by atoms with Crippen LogP contribution in [0.25, 0.3) is 0 Å². The van der Waals surface area contributed by atoms with Gasteiger partial charge in [-0.2, -0.15) is 0 Å². The molecule has 0 saturated carbocycles. The van der Waals surface area contributed by atoms with Gasteiger partial charge < -0.3 is 10.8 Å². The maximum Gasteiger partial charge on any atom is 0.115 e. The van der Waals surface area contributed by atoms with Gasteiger partial charge in [-0.25, -0.2) is 0 Å². The number of hydrogen-bond donors (Lipinski definition) is 2. The minimum absolute atomic E-state index is 0.306. The second-order valence-electron chi connectivity index (χ2n) is 4.40. The lowest BCUT2D eigenvalue weighted by atomic mass is 9.93. The van der Waals surface area contributed by atoms with Crippen molar-refractivity contribution >= 4 is 5.69 Å². The summed E-state index contributed by atoms with van der Waals surface area (Å²) in [6, 6.07) is 15.3. The first-order chi connectivity index (χ1) is 8.16. The van der Waals surface area contributed by atoms with Gasteiger partial charge in [0.05, 0.1) is 0 Å². The van der Waals surface area contributed by atoms with Gasteiger partial charge in [0, 0.05) is 5.69 Å². The summed E-state index contributed by atoms with van der Waals surface area (Å²) >= 11 is 0. The zero-order chi connectivity index (χ0) is 12.3. The van der Waals surface area contributed by atoms with Crippen molar-refractivity contribution in [3.8, 4) is 5.75 Å². The zero-order valence-corrected chi connectivity index (χ0v) is 9.93. The zero-order valence-electron chi connectivity index (χ0n) is 9.93. The maximum absolute atomic E-state index is 9.25. The molecule has 2 heteroatoms. The number of nitrogens with two attached hydrogens (primary N) is 1. The van der Waals surface area contributed by atoms with Crippen LogP contribution in [0.2, 0.25) is 0 Å². The molecule has 1 atom stereocenters. The Morgan fingerprint density at radius 1 is 1.06 bits per heavy atom. The lowest BCUT2D eigenvalue weighted by Crippen LogP contribution is -2.01. The average Bonchev–Trinajstić information content (AvgIpc) is 2.33. The lowest BCUT2D eigenvalue weighted by molar-refractivity contribution is 0.475. The minimum Gasteiger partial charge on any atom is -0.508 e. The van der Waals surface area contributed by atoms with E-state index in [1.165, 1.54) is 11.1 Å². The number of rotatable bonds is 3. The van der Waals surface area contributed by atoms with Gasteiger partial charge in [-0.15, -0.1) is 0 Å². The minimum atomic E-state index is 0.306. The first-order valence-electron chi connectivity index (χ1n) is 5.79. The fourth-order valence-electron chi connectivity index (χ4n) is 1.97. The molecule has 0 heterocycles. The molecule has 0 spiro atoms. The summed E-state index contributed by atoms with van der Waals surface area (Å²) in [5.74, 6) is 0.695. The first-order valence-corrected chi connectivity index (χ1v) is 5.79. The average molecular weight is 227 g/mol. The number of nitrogen functional groups attached to an aromatic ring is 1. The second kappa shape index (κ2) is 4.91. The van der Waals surface area contributed by atoms with Crippen LogP contribution in [0.1, 0.15) is 24.0 Å². The maximum atomic E-state index is 9.25. The van der Waals surface area contributed by atoms with Gasteiger partial charge in [-0.3, -0.25) is 0 Å². The summed E-state index contributed by atoms with van der Waals surface area (Å²) in [6.07, 6.45) is 0.914. The van der Waals surface area contributed by atoms with E-state index in [1.54, 1.807) is 12.1 Å². The summed E-state index contributed by atoms with van der Waals surface area (Å²) < 4.78 is 0. The van der Waals surface area contributed by atoms with Crippen LogP contribution in [0.4, 0.5) is 5.69 Å². The third kappa shape index (κ3) is 2.78. The molecule has 0 radical (unpaired) electrons. The Labute approximate surface area is 102 Å². The highest BCUT2D eigenvalue weighted by Gasteiger charge is 2.08. The van der Waals surface area contributed by atoms with E-state index in [1.807, 2.05) is 30.3 Å². The topological polar surface area (TPSA) is 46.2 Å². The molecule has 0 aliphatic heterocycles. The molecule has 0 aromatic heterocycles. The molecule has 3 N–H and O–H groups in total. The number of aromatic hydroxyl groups is 1. The van der Waals surface area contributed by atoms with Gasteiger partial charge in [-0.1, -0.05) is 37.3 Å². The SMILES string of the molecule is CC(Cc1ccccc1N)c1ccc(O)cc1. The third-order valence-electron chi connectivity index (χ3n) is 3.04. The Morgan fingerprint density at radius 2 is 1.71 bits per heavy atom. The summed E-state index contributed by atoms with van der Waals surface area (Å²) in [5, 5.41) is 9.25. The van der Waals surface area contributed by atoms with E-state index in [0.29, 0.717) is 11.7 Å². The van der Waals surface area contributed by atoms with Crippen molar-refractivity contribution in [3.05, 3.63) is 59.7 Å². The molecule has 0 fully saturated rings. The monoisotopic (exact) mass is 227 g/mol. The highest BCUT2D eigenvalue weighted by atomic mass is 16.3. The van der Waals surface area contributed by atoms with E-state index in [-0.39, 0.29) is 0 Å². The Kier molecular flexibility index (Phi) is 3.33. The predicted octanol–water partition coefficient (Wildman–Crippen LogP) is 3.32. The first kappa shape index (κ1) is 11.5. The van der Waals surface area contributed by atoms with E-state index in [4.69, 9.17) is 5.73 Å². The van der Waals surface area contributed by atoms with E-state index in [2.05, 4.69) is 13.0 Å². The molecule has 0 saturated heterocycles. The molecule has 0 aliphatic carbocycles. The molecule has 1 unspecified atom stereocenters. The van der Waals surface area contributed by atoms with E-state index >= 15 is 0 Å². The van der Waals surface area contributed by atoms with Gasteiger partial charge in [0.2, 0.25) is 0 Å². The van der Waals surface area contributed by atoms with Crippen molar-refractivity contribution in [2.45, 2.75) is 19.3 Å². The van der Waals surface area contributed by atoms with Crippen molar-refractivity contribution in [1.82, 2.24) is 0 Å². The smallest absolute Gasteiger partial charge is 0.115 e. The Morgan fingerprint density at radius 3 is 2.35 bits per heavy atom. The van der Waals surface area contributed by atoms with Crippen LogP contribution in [0.15, 0.2) is 48.5 Å². The number of anilines is 1. The van der Waals surface area contributed by atoms with Crippen LogP contribution in [-0.4, -0.2) is 5.11 Å². The second-order valence-corrected chi connectivity index (χ2v) is 4.40. The molecule has 2 nitrogen and oxygen atoms in total. The number of phenols is 1. The van der Waals surface area contributed by atoms with Crippen molar-refractivity contribution in [1.29, 1.82) is 0 Å². The number of phenolic OH excluding ortho intramolecular Hbond substituents is 1. The van der Waals surface area contributed by atoms with Gasteiger partial charge >= 0.3 is 0 Å². The molecule has 0 amide bonds. The summed E-state index contributed by atoms with van der Waals surface area (Å²) in [7, 11) is 0. The van der Waals surface area contributed by atoms with Crippen LogP contribution in [0.5, 0.6) is 5.75 Å². The fraction of sp³-hybridized carbons (Fsp3) is 0.200. The normalized spacial score (nSPS) is 12.3. The molecular weight excluding hydrogens is 210 g/mol. The summed E-state index contributed by atoms with van der Waals surface area (Å²) in [5.41, 5.74) is 9.16. The molecule has 88 valence electrons. The standard InChI is InChI=1S/C15H17NO/c1-11(12-6-8-14(17)9-7-12)10-13-4-2-3-5-15(13)16/h2-9,11,17H,10,16H2,1H3. The van der Waals surface area contributed by atoms with E-state index in [0.717, 1.165) is 12.1 Å². The van der Waals surface area contributed by atoms with Crippen LogP contribution >= 0.6 is 0 Å². The molecule has 17 heavy (non-hydrogen) atoms. The molecule has 2 aromatic rings. The molecule has 0 aliphatic rings. The van der Waals surface area contributed by atoms with Crippen LogP contribution < -0.4 is 5.73 Å². The number of benzene rings is 2.